The van der Waals surface area contributed by atoms with Gasteiger partial charge in [0.2, 0.25) is 0 Å². The van der Waals surface area contributed by atoms with Crippen LogP contribution >= 0.6 is 23.4 Å². The van der Waals surface area contributed by atoms with E-state index in [-0.39, 0.29) is 17.8 Å². The second-order valence-corrected chi connectivity index (χ2v) is 7.70. The van der Waals surface area contributed by atoms with Gasteiger partial charge in [0.15, 0.2) is 5.17 Å². The Morgan fingerprint density at radius 1 is 1.30 bits per heavy atom. The second-order valence-electron chi connectivity index (χ2n) is 6.29. The minimum atomic E-state index is -0.333. The minimum absolute atomic E-state index is 0.0925. The average molecular weight is 403 g/mol. The van der Waals surface area contributed by atoms with Gasteiger partial charge in [-0.15, -0.1) is 0 Å². The summed E-state index contributed by atoms with van der Waals surface area (Å²) in [6.07, 6.45) is 3.62. The Labute approximate surface area is 165 Å². The van der Waals surface area contributed by atoms with E-state index in [1.807, 2.05) is 0 Å². The molecule has 2 fully saturated rings. The molecule has 2 aliphatic rings. The van der Waals surface area contributed by atoms with Crippen LogP contribution in [-0.2, 0) is 4.79 Å². The third-order valence-electron chi connectivity index (χ3n) is 4.26. The van der Waals surface area contributed by atoms with Gasteiger partial charge in [0, 0.05) is 6.04 Å². The van der Waals surface area contributed by atoms with E-state index in [1.165, 1.54) is 23.9 Å². The first kappa shape index (κ1) is 18.1. The maximum absolute atomic E-state index is 13.4. The lowest BCUT2D eigenvalue weighted by atomic mass is 10.2. The summed E-state index contributed by atoms with van der Waals surface area (Å²) >= 11 is 7.47. The molecular formula is C20H16ClFN2O2S. The summed E-state index contributed by atoms with van der Waals surface area (Å²) in [5.74, 6) is 0.146. The van der Waals surface area contributed by atoms with Gasteiger partial charge in [-0.25, -0.2) is 9.38 Å². The van der Waals surface area contributed by atoms with Crippen molar-refractivity contribution in [3.05, 3.63) is 63.8 Å². The molecule has 1 heterocycles. The van der Waals surface area contributed by atoms with Gasteiger partial charge >= 0.3 is 0 Å². The monoisotopic (exact) mass is 402 g/mol. The summed E-state index contributed by atoms with van der Waals surface area (Å²) in [7, 11) is 1.55. The second kappa shape index (κ2) is 7.37. The number of carbonyl (C=O) groups excluding carboxylic acids is 1. The molecule has 2 aromatic rings. The molecule has 4 nitrogen and oxygen atoms in total. The zero-order valence-corrected chi connectivity index (χ0v) is 16.1. The SMILES string of the molecule is COc1ccc(N=C2S/C(=C\c3cccc(F)c3)C(=O)N2C2CC2)cc1Cl. The highest BCUT2D eigenvalue weighted by Crippen LogP contribution is 2.41. The molecule has 138 valence electrons. The lowest BCUT2D eigenvalue weighted by Gasteiger charge is -2.14. The quantitative estimate of drug-likeness (QED) is 0.655. The van der Waals surface area contributed by atoms with Gasteiger partial charge in [-0.3, -0.25) is 9.69 Å². The van der Waals surface area contributed by atoms with E-state index >= 15 is 0 Å². The number of benzene rings is 2. The Morgan fingerprint density at radius 3 is 2.78 bits per heavy atom. The van der Waals surface area contributed by atoms with Crippen LogP contribution in [0.5, 0.6) is 5.75 Å². The molecular weight excluding hydrogens is 387 g/mol. The largest absolute Gasteiger partial charge is 0.495 e. The smallest absolute Gasteiger partial charge is 0.267 e. The van der Waals surface area contributed by atoms with Crippen LogP contribution in [0.4, 0.5) is 10.1 Å². The molecule has 0 N–H and O–H groups in total. The molecule has 0 atom stereocenters. The molecule has 1 aliphatic heterocycles. The number of thioether (sulfide) groups is 1. The number of methoxy groups -OCH3 is 1. The summed E-state index contributed by atoms with van der Waals surface area (Å²) in [4.78, 5) is 19.8. The van der Waals surface area contributed by atoms with E-state index in [0.29, 0.717) is 32.1 Å². The van der Waals surface area contributed by atoms with Crippen LogP contribution in [0, 0.1) is 5.82 Å². The Kier molecular flexibility index (Phi) is 4.93. The zero-order valence-electron chi connectivity index (χ0n) is 14.5. The Bertz CT molecular complexity index is 972. The van der Waals surface area contributed by atoms with Gasteiger partial charge < -0.3 is 4.74 Å². The van der Waals surface area contributed by atoms with Crippen molar-refractivity contribution < 1.29 is 13.9 Å². The number of halogens is 2. The van der Waals surface area contributed by atoms with Gasteiger partial charge in [-0.2, -0.15) is 0 Å². The first-order valence-electron chi connectivity index (χ1n) is 8.46. The van der Waals surface area contributed by atoms with Crippen LogP contribution in [0.25, 0.3) is 6.08 Å². The van der Waals surface area contributed by atoms with Crippen LogP contribution in [0.1, 0.15) is 18.4 Å². The van der Waals surface area contributed by atoms with Crippen LogP contribution in [-0.4, -0.2) is 29.1 Å². The predicted octanol–water partition coefficient (Wildman–Crippen LogP) is 5.25. The van der Waals surface area contributed by atoms with Crippen LogP contribution in [0.3, 0.4) is 0 Å². The lowest BCUT2D eigenvalue weighted by molar-refractivity contribution is -0.122. The third kappa shape index (κ3) is 3.87. The molecule has 27 heavy (non-hydrogen) atoms. The van der Waals surface area contributed by atoms with Gasteiger partial charge in [-0.05, 0) is 66.6 Å². The molecule has 1 amide bonds. The van der Waals surface area contributed by atoms with Crippen LogP contribution < -0.4 is 4.74 Å². The van der Waals surface area contributed by atoms with Crippen molar-refractivity contribution in [3.8, 4) is 5.75 Å². The number of rotatable bonds is 4. The fourth-order valence-electron chi connectivity index (χ4n) is 2.80. The van der Waals surface area contributed by atoms with E-state index in [4.69, 9.17) is 16.3 Å². The summed E-state index contributed by atoms with van der Waals surface area (Å²) in [5.41, 5.74) is 1.30. The number of nitrogens with zero attached hydrogens (tertiary/aromatic N) is 2. The number of amides is 1. The Morgan fingerprint density at radius 2 is 2.11 bits per heavy atom. The summed E-state index contributed by atoms with van der Waals surface area (Å²) in [6.45, 7) is 0. The molecule has 0 bridgehead atoms. The maximum Gasteiger partial charge on any atom is 0.267 e. The van der Waals surface area contributed by atoms with Gasteiger partial charge in [-0.1, -0.05) is 23.7 Å². The molecule has 1 aliphatic carbocycles. The molecule has 1 saturated carbocycles. The van der Waals surface area contributed by atoms with E-state index in [0.717, 1.165) is 12.8 Å². The van der Waals surface area contributed by atoms with Crippen molar-refractivity contribution in [2.45, 2.75) is 18.9 Å². The highest BCUT2D eigenvalue weighted by Gasteiger charge is 2.42. The molecule has 7 heteroatoms. The lowest BCUT2D eigenvalue weighted by Crippen LogP contribution is -2.31. The predicted molar refractivity (Wildman–Crippen MR) is 107 cm³/mol. The summed E-state index contributed by atoms with van der Waals surface area (Å²) < 4.78 is 18.6. The Hall–Kier alpha value is -2.31. The fraction of sp³-hybridized carbons (Fsp3) is 0.200. The molecule has 0 spiro atoms. The summed E-state index contributed by atoms with van der Waals surface area (Å²) in [6, 6.07) is 11.6. The number of hydrogen-bond donors (Lipinski definition) is 0. The zero-order chi connectivity index (χ0) is 19.0. The number of aliphatic imine (C=N–C) groups is 1. The number of amidine groups is 1. The molecule has 0 aromatic heterocycles. The van der Waals surface area contributed by atoms with Gasteiger partial charge in [0.05, 0.1) is 22.7 Å². The first-order chi connectivity index (χ1) is 13.0. The van der Waals surface area contributed by atoms with Crippen molar-refractivity contribution in [2.75, 3.05) is 7.11 Å². The van der Waals surface area contributed by atoms with E-state index in [2.05, 4.69) is 4.99 Å². The van der Waals surface area contributed by atoms with E-state index in [1.54, 1.807) is 48.4 Å². The number of carbonyl (C=O) groups is 1. The van der Waals surface area contributed by atoms with Crippen molar-refractivity contribution in [1.82, 2.24) is 4.90 Å². The van der Waals surface area contributed by atoms with Crippen LogP contribution in [0.2, 0.25) is 5.02 Å². The Balaban J connectivity index is 1.68. The van der Waals surface area contributed by atoms with Gasteiger partial charge in [0.25, 0.3) is 5.91 Å². The molecule has 1 saturated heterocycles. The van der Waals surface area contributed by atoms with Crippen molar-refractivity contribution in [1.29, 1.82) is 0 Å². The highest BCUT2D eigenvalue weighted by atomic mass is 35.5. The van der Waals surface area contributed by atoms with Crippen molar-refractivity contribution in [2.24, 2.45) is 4.99 Å². The fourth-order valence-corrected chi connectivity index (χ4v) is 4.11. The van der Waals surface area contributed by atoms with Crippen molar-refractivity contribution >= 4 is 46.2 Å². The third-order valence-corrected chi connectivity index (χ3v) is 5.53. The normalized spacial score (nSPS) is 20.0. The van der Waals surface area contributed by atoms with E-state index in [9.17, 15) is 9.18 Å². The van der Waals surface area contributed by atoms with Crippen molar-refractivity contribution in [3.63, 3.8) is 0 Å². The minimum Gasteiger partial charge on any atom is -0.495 e. The summed E-state index contributed by atoms with van der Waals surface area (Å²) in [5, 5.41) is 1.08. The molecule has 0 unspecified atom stereocenters. The molecule has 2 aromatic carbocycles. The number of ether oxygens (including phenoxy) is 1. The first-order valence-corrected chi connectivity index (χ1v) is 9.65. The highest BCUT2D eigenvalue weighted by molar-refractivity contribution is 8.18. The van der Waals surface area contributed by atoms with Gasteiger partial charge in [0.1, 0.15) is 11.6 Å². The number of hydrogen-bond acceptors (Lipinski definition) is 4. The molecule has 4 rings (SSSR count). The van der Waals surface area contributed by atoms with E-state index < -0.39 is 0 Å². The van der Waals surface area contributed by atoms with Crippen LogP contribution in [0.15, 0.2) is 52.4 Å². The topological polar surface area (TPSA) is 41.9 Å². The standard InChI is InChI=1S/C20H16ClFN2O2S/c1-26-17-8-5-14(11-16(17)21)23-20-24(15-6-7-15)19(25)18(27-20)10-12-3-2-4-13(22)9-12/h2-5,8-11,15H,6-7H2,1H3/b18-10-,23-20?. The molecule has 0 radical (unpaired) electrons. The maximum atomic E-state index is 13.4. The average Bonchev–Trinajstić information content (AvgIpc) is 3.42.